The fourth-order valence-electron chi connectivity index (χ4n) is 2.61. The van der Waals surface area contributed by atoms with E-state index in [2.05, 4.69) is 27.5 Å². The van der Waals surface area contributed by atoms with Crippen molar-refractivity contribution in [1.29, 1.82) is 5.26 Å². The molecule has 0 radical (unpaired) electrons. The number of rotatable bonds is 8. The van der Waals surface area contributed by atoms with E-state index < -0.39 is 5.66 Å². The molecule has 134 valence electrons. The molecule has 1 aliphatic heterocycles. The molecule has 27 heavy (non-hydrogen) atoms. The molecular formula is C21H18N4O2. The third-order valence-electron chi connectivity index (χ3n) is 4.16. The molecule has 0 bridgehead atoms. The predicted octanol–water partition coefficient (Wildman–Crippen LogP) is 4.64. The topological polar surface area (TPSA) is 86.8 Å². The van der Waals surface area contributed by atoms with Gasteiger partial charge in [-0.05, 0) is 30.3 Å². The minimum Gasteiger partial charge on any atom is -0.455 e. The van der Waals surface area contributed by atoms with Crippen LogP contribution >= 0.6 is 0 Å². The summed E-state index contributed by atoms with van der Waals surface area (Å²) in [6, 6.07) is 16.1. The first-order chi connectivity index (χ1) is 13.1. The zero-order valence-corrected chi connectivity index (χ0v) is 14.7. The van der Waals surface area contributed by atoms with Crippen LogP contribution in [-0.4, -0.2) is 11.6 Å². The van der Waals surface area contributed by atoms with Gasteiger partial charge in [-0.2, -0.15) is 15.5 Å². The second-order valence-electron chi connectivity index (χ2n) is 6.17. The van der Waals surface area contributed by atoms with Gasteiger partial charge >= 0.3 is 0 Å². The molecular weight excluding hydrogens is 340 g/mol. The highest BCUT2D eigenvalue weighted by molar-refractivity contribution is 5.92. The van der Waals surface area contributed by atoms with E-state index in [0.717, 1.165) is 0 Å². The first-order valence-electron chi connectivity index (χ1n) is 8.58. The number of benzene rings is 2. The van der Waals surface area contributed by atoms with Crippen molar-refractivity contribution >= 4 is 11.6 Å². The summed E-state index contributed by atoms with van der Waals surface area (Å²) in [5, 5.41) is 19.9. The van der Waals surface area contributed by atoms with E-state index in [0.29, 0.717) is 42.0 Å². The van der Waals surface area contributed by atoms with Crippen LogP contribution in [0.4, 0.5) is 5.69 Å². The Hall–Kier alpha value is -3.64. The molecule has 6 nitrogen and oxygen atoms in total. The molecule has 0 atom stereocenters. The van der Waals surface area contributed by atoms with Crippen LogP contribution in [0.1, 0.15) is 31.2 Å². The average Bonchev–Trinajstić information content (AvgIpc) is 3.47. The zero-order chi connectivity index (χ0) is 19.1. The standard InChI is InChI=1S/C21H18N4O2/c1-2-3-12-21(24-25-21)13-11-20(26)23-18-9-4-5-10-19(18)27-17-8-6-7-16(14-17)15-22/h1,4-10,14H,3,11-13H2,(H,23,26). The normalized spacial score (nSPS) is 13.3. The van der Waals surface area contributed by atoms with Gasteiger partial charge in [0.15, 0.2) is 11.4 Å². The van der Waals surface area contributed by atoms with E-state index in [1.54, 1.807) is 36.4 Å². The van der Waals surface area contributed by atoms with Crippen molar-refractivity contribution in [2.45, 2.75) is 31.3 Å². The van der Waals surface area contributed by atoms with Gasteiger partial charge in [-0.15, -0.1) is 12.3 Å². The van der Waals surface area contributed by atoms with Crippen molar-refractivity contribution in [3.63, 3.8) is 0 Å². The monoisotopic (exact) mass is 358 g/mol. The number of carbonyl (C=O) groups excluding carboxylic acids is 1. The first-order valence-corrected chi connectivity index (χ1v) is 8.58. The molecule has 0 aliphatic carbocycles. The lowest BCUT2D eigenvalue weighted by atomic mass is 10.0. The molecule has 1 aliphatic rings. The first kappa shape index (κ1) is 18.2. The van der Waals surface area contributed by atoms with Crippen LogP contribution in [0, 0.1) is 23.7 Å². The van der Waals surface area contributed by atoms with Crippen LogP contribution in [0.3, 0.4) is 0 Å². The van der Waals surface area contributed by atoms with Gasteiger partial charge in [0.2, 0.25) is 5.91 Å². The third kappa shape index (κ3) is 4.93. The summed E-state index contributed by atoms with van der Waals surface area (Å²) in [5.74, 6) is 3.46. The highest BCUT2D eigenvalue weighted by Gasteiger charge is 2.39. The summed E-state index contributed by atoms with van der Waals surface area (Å²) in [6.45, 7) is 0. The average molecular weight is 358 g/mol. The SMILES string of the molecule is C#CCCC1(CCC(=O)Nc2ccccc2Oc2cccc(C#N)c2)N=N1. The molecule has 2 aromatic carbocycles. The summed E-state index contributed by atoms with van der Waals surface area (Å²) in [6.07, 6.45) is 7.36. The van der Waals surface area contributed by atoms with Crippen molar-refractivity contribution in [3.8, 4) is 29.9 Å². The second-order valence-corrected chi connectivity index (χ2v) is 6.17. The molecule has 1 amide bonds. The maximum absolute atomic E-state index is 12.3. The van der Waals surface area contributed by atoms with Crippen molar-refractivity contribution in [1.82, 2.24) is 0 Å². The maximum Gasteiger partial charge on any atom is 0.224 e. The maximum atomic E-state index is 12.3. The van der Waals surface area contributed by atoms with Crippen molar-refractivity contribution in [2.24, 2.45) is 10.2 Å². The van der Waals surface area contributed by atoms with Crippen LogP contribution in [-0.2, 0) is 4.79 Å². The lowest BCUT2D eigenvalue weighted by Gasteiger charge is -2.13. The van der Waals surface area contributed by atoms with Gasteiger partial charge in [0.1, 0.15) is 5.75 Å². The largest absolute Gasteiger partial charge is 0.455 e. The van der Waals surface area contributed by atoms with E-state index in [1.807, 2.05) is 12.1 Å². The fourth-order valence-corrected chi connectivity index (χ4v) is 2.61. The minimum absolute atomic E-state index is 0.144. The number of terminal acetylenes is 1. The Balaban J connectivity index is 1.61. The van der Waals surface area contributed by atoms with Crippen molar-refractivity contribution in [2.75, 3.05) is 5.32 Å². The number of nitriles is 1. The molecule has 1 N–H and O–H groups in total. The van der Waals surface area contributed by atoms with Gasteiger partial charge < -0.3 is 10.1 Å². The van der Waals surface area contributed by atoms with E-state index in [-0.39, 0.29) is 12.3 Å². The van der Waals surface area contributed by atoms with E-state index in [4.69, 9.17) is 16.4 Å². The smallest absolute Gasteiger partial charge is 0.224 e. The molecule has 2 aromatic rings. The van der Waals surface area contributed by atoms with Crippen molar-refractivity contribution in [3.05, 3.63) is 54.1 Å². The number of anilines is 1. The number of nitrogens with zero attached hydrogens (tertiary/aromatic N) is 3. The van der Waals surface area contributed by atoms with E-state index in [9.17, 15) is 4.79 Å². The summed E-state index contributed by atoms with van der Waals surface area (Å²) in [5.41, 5.74) is 0.590. The molecule has 0 spiro atoms. The molecule has 6 heteroatoms. The van der Waals surface area contributed by atoms with Crippen LogP contribution in [0.2, 0.25) is 0 Å². The Morgan fingerprint density at radius 1 is 1.19 bits per heavy atom. The van der Waals surface area contributed by atoms with Gasteiger partial charge in [0.25, 0.3) is 0 Å². The fraction of sp³-hybridized carbons (Fsp3) is 0.238. The molecule has 0 saturated carbocycles. The quantitative estimate of drug-likeness (QED) is 0.697. The zero-order valence-electron chi connectivity index (χ0n) is 14.7. The van der Waals surface area contributed by atoms with E-state index >= 15 is 0 Å². The number of hydrogen-bond donors (Lipinski definition) is 1. The number of carbonyl (C=O) groups is 1. The minimum atomic E-state index is -0.475. The Morgan fingerprint density at radius 3 is 2.74 bits per heavy atom. The van der Waals surface area contributed by atoms with Gasteiger partial charge in [-0.25, -0.2) is 0 Å². The summed E-state index contributed by atoms with van der Waals surface area (Å²) in [4.78, 5) is 12.3. The Morgan fingerprint density at radius 2 is 2.00 bits per heavy atom. The predicted molar refractivity (Wildman–Crippen MR) is 101 cm³/mol. The summed E-state index contributed by atoms with van der Waals surface area (Å²) < 4.78 is 5.84. The van der Waals surface area contributed by atoms with Gasteiger partial charge in [0, 0.05) is 25.7 Å². The van der Waals surface area contributed by atoms with Crippen molar-refractivity contribution < 1.29 is 9.53 Å². The lowest BCUT2D eigenvalue weighted by molar-refractivity contribution is -0.116. The highest BCUT2D eigenvalue weighted by Crippen LogP contribution is 2.38. The Labute approximate surface area is 157 Å². The molecule has 3 rings (SSSR count). The highest BCUT2D eigenvalue weighted by atomic mass is 16.5. The molecule has 1 heterocycles. The number of amides is 1. The summed E-state index contributed by atoms with van der Waals surface area (Å²) in [7, 11) is 0. The molecule has 0 unspecified atom stereocenters. The van der Waals surface area contributed by atoms with Crippen LogP contribution in [0.5, 0.6) is 11.5 Å². The summed E-state index contributed by atoms with van der Waals surface area (Å²) >= 11 is 0. The molecule has 0 aromatic heterocycles. The Kier molecular flexibility index (Phi) is 5.49. The molecule has 0 saturated heterocycles. The van der Waals surface area contributed by atoms with Crippen LogP contribution in [0.25, 0.3) is 0 Å². The van der Waals surface area contributed by atoms with Crippen LogP contribution < -0.4 is 10.1 Å². The number of nitrogens with one attached hydrogen (secondary N) is 1. The van der Waals surface area contributed by atoms with Gasteiger partial charge in [-0.3, -0.25) is 4.79 Å². The Bertz CT molecular complexity index is 947. The lowest BCUT2D eigenvalue weighted by Crippen LogP contribution is -2.18. The van der Waals surface area contributed by atoms with Crippen LogP contribution in [0.15, 0.2) is 58.8 Å². The van der Waals surface area contributed by atoms with Gasteiger partial charge in [0.05, 0.1) is 17.3 Å². The number of ether oxygens (including phenoxy) is 1. The number of para-hydroxylation sites is 2. The third-order valence-corrected chi connectivity index (χ3v) is 4.16. The second kappa shape index (κ2) is 8.16. The number of hydrogen-bond acceptors (Lipinski definition) is 5. The molecule has 0 fully saturated rings. The van der Waals surface area contributed by atoms with E-state index in [1.165, 1.54) is 0 Å². The van der Waals surface area contributed by atoms with Gasteiger partial charge in [-0.1, -0.05) is 18.2 Å².